The van der Waals surface area contributed by atoms with E-state index in [9.17, 15) is 9.90 Å². The minimum atomic E-state index is -0.852. The van der Waals surface area contributed by atoms with Gasteiger partial charge in [-0.1, -0.05) is 69.8 Å². The molecule has 0 saturated heterocycles. The van der Waals surface area contributed by atoms with Crippen molar-refractivity contribution in [2.24, 2.45) is 23.2 Å². The third-order valence-corrected chi connectivity index (χ3v) is 10.0. The quantitative estimate of drug-likeness (QED) is 0.246. The molecule has 2 saturated carbocycles. The lowest BCUT2D eigenvalue weighted by molar-refractivity contribution is -0.114. The summed E-state index contributed by atoms with van der Waals surface area (Å²) in [6.07, 6.45) is 21.0. The average Bonchev–Trinajstić information content (AvgIpc) is 3.10. The minimum absolute atomic E-state index is 0.129. The summed E-state index contributed by atoms with van der Waals surface area (Å²) < 4.78 is 0. The molecule has 0 aromatic rings. The van der Waals surface area contributed by atoms with Crippen LogP contribution in [0.25, 0.3) is 0 Å². The molecule has 0 aromatic heterocycles. The molecule has 35 heavy (non-hydrogen) atoms. The molecule has 0 aromatic carbocycles. The fourth-order valence-corrected chi connectivity index (χ4v) is 8.24. The number of rotatable bonds is 11. The molecule has 194 valence electrons. The van der Waals surface area contributed by atoms with Crippen LogP contribution in [0.15, 0.2) is 22.8 Å². The number of ketones is 1. The van der Waals surface area contributed by atoms with Gasteiger partial charge in [0.2, 0.25) is 0 Å². The summed E-state index contributed by atoms with van der Waals surface area (Å²) in [6, 6.07) is 0. The SMILES string of the molecule is CC#C[C@]1(O)CC[C@H]2[C@@H]3CCC4=CC(=O)CCC4=C3[C@@H](CCCCCCCCCCCO)C[C@@]21C. The van der Waals surface area contributed by atoms with Crippen LogP contribution in [-0.2, 0) is 4.79 Å². The molecule has 5 atom stereocenters. The second-order valence-electron chi connectivity index (χ2n) is 12.1. The van der Waals surface area contributed by atoms with E-state index < -0.39 is 5.60 Å². The molecule has 3 nitrogen and oxygen atoms in total. The Morgan fingerprint density at radius 3 is 2.34 bits per heavy atom. The standard InChI is InChI=1S/C32H48O3/c1-3-19-32(35)20-18-29-28-16-14-24-22-26(34)15-17-27(24)30(28)25(23-31(29,32)2)13-11-9-7-5-4-6-8-10-12-21-33/h22,25,28-29,33,35H,4-18,20-21,23H2,1-2H3/t25-,28-,29-,31-,32-/m0/s1. The van der Waals surface area contributed by atoms with Crippen LogP contribution in [0.1, 0.15) is 123 Å². The Balaban J connectivity index is 1.44. The Morgan fingerprint density at radius 1 is 0.971 bits per heavy atom. The van der Waals surface area contributed by atoms with Crippen molar-refractivity contribution < 1.29 is 15.0 Å². The maximum Gasteiger partial charge on any atom is 0.156 e. The molecule has 0 amide bonds. The van der Waals surface area contributed by atoms with E-state index in [1.807, 2.05) is 13.0 Å². The van der Waals surface area contributed by atoms with Crippen molar-refractivity contribution in [3.8, 4) is 11.8 Å². The van der Waals surface area contributed by atoms with Gasteiger partial charge in [-0.3, -0.25) is 4.79 Å². The highest BCUT2D eigenvalue weighted by Crippen LogP contribution is 2.65. The molecule has 0 aliphatic heterocycles. The monoisotopic (exact) mass is 480 g/mol. The van der Waals surface area contributed by atoms with Crippen LogP contribution >= 0.6 is 0 Å². The highest BCUT2D eigenvalue weighted by Gasteiger charge is 2.62. The molecule has 4 rings (SSSR count). The van der Waals surface area contributed by atoms with E-state index in [0.29, 0.717) is 36.6 Å². The molecule has 4 aliphatic carbocycles. The number of aliphatic hydroxyl groups excluding tert-OH is 1. The maximum atomic E-state index is 12.2. The summed E-state index contributed by atoms with van der Waals surface area (Å²) in [7, 11) is 0. The van der Waals surface area contributed by atoms with Crippen molar-refractivity contribution in [2.45, 2.75) is 129 Å². The second kappa shape index (κ2) is 11.8. The van der Waals surface area contributed by atoms with Crippen molar-refractivity contribution in [2.75, 3.05) is 6.61 Å². The first-order valence-electron chi connectivity index (χ1n) is 14.7. The molecule has 0 bridgehead atoms. The van der Waals surface area contributed by atoms with Crippen LogP contribution in [0.5, 0.6) is 0 Å². The summed E-state index contributed by atoms with van der Waals surface area (Å²) >= 11 is 0. The van der Waals surface area contributed by atoms with Crippen LogP contribution < -0.4 is 0 Å². The number of carbonyl (C=O) groups excluding carboxylic acids is 1. The Bertz CT molecular complexity index is 886. The van der Waals surface area contributed by atoms with Gasteiger partial charge in [0.25, 0.3) is 0 Å². The normalized spacial score (nSPS) is 34.0. The summed E-state index contributed by atoms with van der Waals surface area (Å²) in [5.41, 5.74) is 3.58. The topological polar surface area (TPSA) is 57.5 Å². The van der Waals surface area contributed by atoms with Gasteiger partial charge in [-0.05, 0) is 93.3 Å². The molecule has 3 heteroatoms. The van der Waals surface area contributed by atoms with Gasteiger partial charge < -0.3 is 10.2 Å². The number of carbonyl (C=O) groups is 1. The van der Waals surface area contributed by atoms with Gasteiger partial charge in [-0.2, -0.15) is 0 Å². The van der Waals surface area contributed by atoms with Gasteiger partial charge in [-0.15, -0.1) is 5.92 Å². The van der Waals surface area contributed by atoms with E-state index in [-0.39, 0.29) is 5.41 Å². The zero-order valence-electron chi connectivity index (χ0n) is 22.3. The zero-order valence-corrected chi connectivity index (χ0v) is 22.3. The lowest BCUT2D eigenvalue weighted by atomic mass is 9.51. The van der Waals surface area contributed by atoms with E-state index in [1.165, 1.54) is 62.5 Å². The fraction of sp³-hybridized carbons (Fsp3) is 0.781. The number of fused-ring (bicyclic) bond motifs is 4. The Labute approximate surface area is 213 Å². The minimum Gasteiger partial charge on any atom is -0.396 e. The third kappa shape index (κ3) is 5.50. The summed E-state index contributed by atoms with van der Waals surface area (Å²) in [4.78, 5) is 12.2. The van der Waals surface area contributed by atoms with Crippen LogP contribution in [0, 0.1) is 35.0 Å². The number of hydrogen-bond acceptors (Lipinski definition) is 3. The first-order valence-corrected chi connectivity index (χ1v) is 14.7. The lowest BCUT2D eigenvalue weighted by Gasteiger charge is -2.53. The van der Waals surface area contributed by atoms with Crippen molar-refractivity contribution in [1.29, 1.82) is 0 Å². The second-order valence-corrected chi connectivity index (χ2v) is 12.1. The Kier molecular flexibility index (Phi) is 8.99. The van der Waals surface area contributed by atoms with Crippen molar-refractivity contribution in [1.82, 2.24) is 0 Å². The molecule has 2 N–H and O–H groups in total. The number of hydrogen-bond donors (Lipinski definition) is 2. The van der Waals surface area contributed by atoms with Crippen molar-refractivity contribution in [3.05, 3.63) is 22.8 Å². The van der Waals surface area contributed by atoms with E-state index in [1.54, 1.807) is 5.57 Å². The largest absolute Gasteiger partial charge is 0.396 e. The lowest BCUT2D eigenvalue weighted by Crippen LogP contribution is -2.51. The van der Waals surface area contributed by atoms with Gasteiger partial charge in [0.05, 0.1) is 0 Å². The number of unbranched alkanes of at least 4 members (excludes halogenated alkanes) is 8. The molecule has 0 radical (unpaired) electrons. The predicted molar refractivity (Wildman–Crippen MR) is 143 cm³/mol. The molecule has 0 unspecified atom stereocenters. The van der Waals surface area contributed by atoms with E-state index in [4.69, 9.17) is 5.11 Å². The highest BCUT2D eigenvalue weighted by atomic mass is 16.3. The predicted octanol–water partition coefficient (Wildman–Crippen LogP) is 7.07. The first-order chi connectivity index (χ1) is 16.9. The van der Waals surface area contributed by atoms with E-state index in [0.717, 1.165) is 51.4 Å². The number of allylic oxidation sites excluding steroid dienone is 4. The van der Waals surface area contributed by atoms with Crippen LogP contribution in [-0.4, -0.2) is 28.2 Å². The number of aliphatic hydroxyl groups is 2. The molecule has 4 aliphatic rings. The summed E-state index contributed by atoms with van der Waals surface area (Å²) in [5, 5.41) is 20.6. The van der Waals surface area contributed by atoms with Gasteiger partial charge in [0.15, 0.2) is 5.78 Å². The smallest absolute Gasteiger partial charge is 0.156 e. The van der Waals surface area contributed by atoms with Gasteiger partial charge in [0, 0.05) is 18.4 Å². The molecular weight excluding hydrogens is 432 g/mol. The van der Waals surface area contributed by atoms with E-state index >= 15 is 0 Å². The average molecular weight is 481 g/mol. The van der Waals surface area contributed by atoms with Gasteiger partial charge >= 0.3 is 0 Å². The molecule has 0 heterocycles. The van der Waals surface area contributed by atoms with Crippen molar-refractivity contribution >= 4 is 5.78 Å². The molecule has 2 fully saturated rings. The third-order valence-electron chi connectivity index (χ3n) is 10.0. The summed E-state index contributed by atoms with van der Waals surface area (Å²) in [5.74, 6) is 8.23. The van der Waals surface area contributed by atoms with Crippen LogP contribution in [0.4, 0.5) is 0 Å². The van der Waals surface area contributed by atoms with E-state index in [2.05, 4.69) is 18.8 Å². The van der Waals surface area contributed by atoms with Crippen molar-refractivity contribution in [3.63, 3.8) is 0 Å². The zero-order chi connectivity index (χ0) is 24.9. The molecule has 0 spiro atoms. The maximum absolute atomic E-state index is 12.2. The highest BCUT2D eigenvalue weighted by molar-refractivity contribution is 5.93. The van der Waals surface area contributed by atoms with Gasteiger partial charge in [0.1, 0.15) is 5.60 Å². The van der Waals surface area contributed by atoms with Crippen LogP contribution in [0.2, 0.25) is 0 Å². The Hall–Kier alpha value is -1.37. The Morgan fingerprint density at radius 2 is 1.66 bits per heavy atom. The summed E-state index contributed by atoms with van der Waals surface area (Å²) in [6.45, 7) is 4.54. The van der Waals surface area contributed by atoms with Gasteiger partial charge in [-0.25, -0.2) is 0 Å². The van der Waals surface area contributed by atoms with Crippen LogP contribution in [0.3, 0.4) is 0 Å². The fourth-order valence-electron chi connectivity index (χ4n) is 8.24. The first kappa shape index (κ1) is 26.7. The molecular formula is C32H48O3.